The summed E-state index contributed by atoms with van der Waals surface area (Å²) in [6, 6.07) is 19.8. The van der Waals surface area contributed by atoms with Crippen LogP contribution in [-0.2, 0) is 10.2 Å². The van der Waals surface area contributed by atoms with Crippen LogP contribution in [0.1, 0.15) is 18.4 Å². The minimum atomic E-state index is -0.431. The molecule has 0 unspecified atom stereocenters. The van der Waals surface area contributed by atoms with Crippen LogP contribution in [-0.4, -0.2) is 32.1 Å². The van der Waals surface area contributed by atoms with Gasteiger partial charge in [-0.15, -0.1) is 0 Å². The van der Waals surface area contributed by atoms with Gasteiger partial charge in [0.15, 0.2) is 0 Å². The van der Waals surface area contributed by atoms with Crippen LogP contribution in [0.5, 0.6) is 5.75 Å². The van der Waals surface area contributed by atoms with E-state index in [1.165, 1.54) is 0 Å². The number of piperidine rings is 1. The quantitative estimate of drug-likeness (QED) is 0.803. The fourth-order valence-corrected chi connectivity index (χ4v) is 3.28. The van der Waals surface area contributed by atoms with Crippen LogP contribution in [0.3, 0.4) is 0 Å². The van der Waals surface area contributed by atoms with Gasteiger partial charge in [0.05, 0.1) is 12.0 Å². The third kappa shape index (κ3) is 3.77. The molecule has 1 fully saturated rings. The Bertz CT molecular complexity index is 637. The first-order chi connectivity index (χ1) is 11.8. The summed E-state index contributed by atoms with van der Waals surface area (Å²) in [5.74, 6) is 0.929. The molecule has 0 atom stereocenters. The molecule has 3 rings (SSSR count). The van der Waals surface area contributed by atoms with Gasteiger partial charge in [0.2, 0.25) is 5.91 Å². The van der Waals surface area contributed by atoms with Gasteiger partial charge in [-0.2, -0.15) is 0 Å². The average molecular weight is 324 g/mol. The SMILES string of the molecule is O=C(NCCOc1ccccc1)C1(c2ccccc2)CCNCC1. The lowest BCUT2D eigenvalue weighted by Gasteiger charge is -2.36. The molecule has 1 heterocycles. The van der Waals surface area contributed by atoms with Crippen molar-refractivity contribution >= 4 is 5.91 Å². The molecule has 1 aliphatic rings. The molecule has 4 nitrogen and oxygen atoms in total. The molecule has 1 amide bonds. The van der Waals surface area contributed by atoms with Crippen molar-refractivity contribution in [3.8, 4) is 5.75 Å². The Morgan fingerprint density at radius 2 is 1.62 bits per heavy atom. The van der Waals surface area contributed by atoms with E-state index in [1.54, 1.807) is 0 Å². The predicted octanol–water partition coefficient (Wildman–Crippen LogP) is 2.50. The molecule has 0 radical (unpaired) electrons. The van der Waals surface area contributed by atoms with E-state index in [0.717, 1.165) is 37.2 Å². The fraction of sp³-hybridized carbons (Fsp3) is 0.350. The number of para-hydroxylation sites is 1. The maximum atomic E-state index is 12.9. The highest BCUT2D eigenvalue weighted by Gasteiger charge is 2.40. The van der Waals surface area contributed by atoms with Gasteiger partial charge in [-0.3, -0.25) is 4.79 Å². The lowest BCUT2D eigenvalue weighted by atomic mass is 9.72. The summed E-state index contributed by atoms with van der Waals surface area (Å²) in [5, 5.41) is 6.42. The average Bonchev–Trinajstić information content (AvgIpc) is 2.67. The van der Waals surface area contributed by atoms with Crippen LogP contribution >= 0.6 is 0 Å². The molecule has 0 aromatic heterocycles. The smallest absolute Gasteiger partial charge is 0.230 e. The summed E-state index contributed by atoms with van der Waals surface area (Å²) in [5.41, 5.74) is 0.673. The molecule has 0 aliphatic carbocycles. The Hall–Kier alpha value is -2.33. The minimum Gasteiger partial charge on any atom is -0.492 e. The lowest BCUT2D eigenvalue weighted by Crippen LogP contribution is -2.51. The molecule has 0 saturated carbocycles. The number of carbonyl (C=O) groups excluding carboxylic acids is 1. The maximum absolute atomic E-state index is 12.9. The summed E-state index contributed by atoms with van der Waals surface area (Å²) in [6.07, 6.45) is 1.64. The monoisotopic (exact) mass is 324 g/mol. The zero-order valence-corrected chi connectivity index (χ0v) is 13.8. The van der Waals surface area contributed by atoms with Gasteiger partial charge < -0.3 is 15.4 Å². The largest absolute Gasteiger partial charge is 0.492 e. The van der Waals surface area contributed by atoms with Crippen LogP contribution in [0.4, 0.5) is 0 Å². The number of amides is 1. The van der Waals surface area contributed by atoms with Crippen LogP contribution in [0.2, 0.25) is 0 Å². The first-order valence-electron chi connectivity index (χ1n) is 8.54. The Morgan fingerprint density at radius 3 is 2.29 bits per heavy atom. The van der Waals surface area contributed by atoms with Crippen molar-refractivity contribution in [2.24, 2.45) is 0 Å². The van der Waals surface area contributed by atoms with E-state index in [4.69, 9.17) is 4.74 Å². The maximum Gasteiger partial charge on any atom is 0.230 e. The molecular formula is C20H24N2O2. The van der Waals surface area contributed by atoms with E-state index in [2.05, 4.69) is 22.8 Å². The molecule has 2 aromatic carbocycles. The van der Waals surface area contributed by atoms with Crippen molar-refractivity contribution < 1.29 is 9.53 Å². The van der Waals surface area contributed by atoms with Gasteiger partial charge in [-0.05, 0) is 43.6 Å². The molecule has 24 heavy (non-hydrogen) atoms. The summed E-state index contributed by atoms with van der Waals surface area (Å²) < 4.78 is 5.66. The van der Waals surface area contributed by atoms with Crippen molar-refractivity contribution in [2.45, 2.75) is 18.3 Å². The minimum absolute atomic E-state index is 0.104. The molecule has 0 bridgehead atoms. The zero-order chi connectivity index (χ0) is 16.7. The second kappa shape index (κ2) is 7.97. The third-order valence-electron chi connectivity index (χ3n) is 4.62. The van der Waals surface area contributed by atoms with Gasteiger partial charge in [0, 0.05) is 0 Å². The Labute approximate surface area is 143 Å². The van der Waals surface area contributed by atoms with Crippen LogP contribution in [0.25, 0.3) is 0 Å². The first-order valence-corrected chi connectivity index (χ1v) is 8.54. The van der Waals surface area contributed by atoms with Crippen molar-refractivity contribution in [1.82, 2.24) is 10.6 Å². The zero-order valence-electron chi connectivity index (χ0n) is 13.8. The molecule has 2 aromatic rings. The number of hydrogen-bond acceptors (Lipinski definition) is 3. The number of carbonyl (C=O) groups is 1. The molecular weight excluding hydrogens is 300 g/mol. The molecule has 1 aliphatic heterocycles. The van der Waals surface area contributed by atoms with Gasteiger partial charge in [0.25, 0.3) is 0 Å². The van der Waals surface area contributed by atoms with Gasteiger partial charge >= 0.3 is 0 Å². The van der Waals surface area contributed by atoms with E-state index in [-0.39, 0.29) is 5.91 Å². The van der Waals surface area contributed by atoms with E-state index >= 15 is 0 Å². The van der Waals surface area contributed by atoms with Gasteiger partial charge in [0.1, 0.15) is 12.4 Å². The van der Waals surface area contributed by atoms with E-state index < -0.39 is 5.41 Å². The van der Waals surface area contributed by atoms with Gasteiger partial charge in [-0.1, -0.05) is 48.5 Å². The molecule has 0 spiro atoms. The van der Waals surface area contributed by atoms with Crippen LogP contribution in [0, 0.1) is 0 Å². The Kier molecular flexibility index (Phi) is 5.49. The number of ether oxygens (including phenoxy) is 1. The van der Waals surface area contributed by atoms with E-state index in [1.807, 2.05) is 48.5 Å². The van der Waals surface area contributed by atoms with E-state index in [0.29, 0.717) is 13.2 Å². The van der Waals surface area contributed by atoms with Crippen molar-refractivity contribution in [2.75, 3.05) is 26.2 Å². The highest BCUT2D eigenvalue weighted by Crippen LogP contribution is 2.33. The first kappa shape index (κ1) is 16.5. The number of hydrogen-bond donors (Lipinski definition) is 2. The van der Waals surface area contributed by atoms with E-state index in [9.17, 15) is 4.79 Å². The summed E-state index contributed by atoms with van der Waals surface area (Å²) in [6.45, 7) is 2.71. The third-order valence-corrected chi connectivity index (χ3v) is 4.62. The summed E-state index contributed by atoms with van der Waals surface area (Å²) in [4.78, 5) is 12.9. The Balaban J connectivity index is 1.60. The number of rotatable bonds is 6. The summed E-state index contributed by atoms with van der Waals surface area (Å²) in [7, 11) is 0. The second-order valence-corrected chi connectivity index (χ2v) is 6.12. The topological polar surface area (TPSA) is 50.4 Å². The van der Waals surface area contributed by atoms with Gasteiger partial charge in [-0.25, -0.2) is 0 Å². The number of benzene rings is 2. The van der Waals surface area contributed by atoms with Crippen LogP contribution in [0.15, 0.2) is 60.7 Å². The van der Waals surface area contributed by atoms with Crippen LogP contribution < -0.4 is 15.4 Å². The summed E-state index contributed by atoms with van der Waals surface area (Å²) >= 11 is 0. The molecule has 1 saturated heterocycles. The van der Waals surface area contributed by atoms with Crippen molar-refractivity contribution in [3.63, 3.8) is 0 Å². The highest BCUT2D eigenvalue weighted by atomic mass is 16.5. The lowest BCUT2D eigenvalue weighted by molar-refractivity contribution is -0.127. The second-order valence-electron chi connectivity index (χ2n) is 6.12. The predicted molar refractivity (Wildman–Crippen MR) is 95.2 cm³/mol. The highest BCUT2D eigenvalue weighted by molar-refractivity contribution is 5.88. The normalized spacial score (nSPS) is 16.3. The number of nitrogens with one attached hydrogen (secondary N) is 2. The molecule has 2 N–H and O–H groups in total. The molecule has 4 heteroatoms. The Morgan fingerprint density at radius 1 is 1.00 bits per heavy atom. The van der Waals surface area contributed by atoms with Crippen molar-refractivity contribution in [3.05, 3.63) is 66.2 Å². The molecule has 126 valence electrons. The fourth-order valence-electron chi connectivity index (χ4n) is 3.28. The standard InChI is InChI=1S/C20H24N2O2/c23-19(22-15-16-24-18-9-5-2-6-10-18)20(11-13-21-14-12-20)17-7-3-1-4-8-17/h1-10,21H,11-16H2,(H,22,23). The van der Waals surface area contributed by atoms with Crippen molar-refractivity contribution in [1.29, 1.82) is 0 Å².